The van der Waals surface area contributed by atoms with Crippen LogP contribution in [0.4, 0.5) is 0 Å². The van der Waals surface area contributed by atoms with E-state index in [0.717, 1.165) is 22.3 Å². The first-order valence-corrected chi connectivity index (χ1v) is 19.4. The predicted octanol–water partition coefficient (Wildman–Crippen LogP) is 6.41. The molecule has 0 saturated heterocycles. The van der Waals surface area contributed by atoms with Gasteiger partial charge in [0.05, 0.1) is 0 Å². The van der Waals surface area contributed by atoms with Crippen LogP contribution in [0.3, 0.4) is 0 Å². The number of fused-ring (bicyclic) bond motifs is 3. The van der Waals surface area contributed by atoms with Gasteiger partial charge in [-0.15, -0.1) is 0 Å². The fraction of sp³-hybridized carbons (Fsp3) is 0.409. The number of hydrogen-bond donors (Lipinski definition) is 2. The van der Waals surface area contributed by atoms with Gasteiger partial charge in [0.1, 0.15) is 0 Å². The van der Waals surface area contributed by atoms with Crippen LogP contribution in [0.2, 0.25) is 9.95 Å². The van der Waals surface area contributed by atoms with Crippen molar-refractivity contribution < 1.29 is 15.5 Å². The van der Waals surface area contributed by atoms with Gasteiger partial charge in [0.25, 0.3) is 0 Å². The van der Waals surface area contributed by atoms with E-state index >= 15 is 0 Å². The van der Waals surface area contributed by atoms with E-state index < -0.39 is 10.4 Å². The second kappa shape index (κ2) is 5.36. The molecule has 2 nitrogen and oxygen atoms in total. The molecule has 2 N–H and O–H groups in total. The van der Waals surface area contributed by atoms with Crippen molar-refractivity contribution in [2.75, 3.05) is 6.61 Å². The Morgan fingerprint density at radius 3 is 1.85 bits per heavy atom. The fourth-order valence-electron chi connectivity index (χ4n) is 5.69. The number of nitrogens with one attached hydrogen (secondary N) is 1. The van der Waals surface area contributed by atoms with Crippen LogP contribution < -0.4 is 3.80 Å². The Bertz CT molecular complexity index is 982. The molecule has 1 aliphatic rings. The molecule has 0 unspecified atom stereocenters. The number of hydrogen-bond acceptors (Lipinski definition) is 2. The van der Waals surface area contributed by atoms with Crippen molar-refractivity contribution in [3.63, 3.8) is 0 Å². The van der Waals surface area contributed by atoms with E-state index in [1.165, 1.54) is 0 Å². The van der Waals surface area contributed by atoms with Gasteiger partial charge >= 0.3 is 167 Å². The molecule has 0 spiro atoms. The van der Waals surface area contributed by atoms with Gasteiger partial charge in [0, 0.05) is 0 Å². The van der Waals surface area contributed by atoms with Gasteiger partial charge in [-0.2, -0.15) is 0 Å². The van der Waals surface area contributed by atoms with E-state index in [-0.39, 0.29) is 16.4 Å². The van der Waals surface area contributed by atoms with Gasteiger partial charge in [-0.3, -0.25) is 0 Å². The zero-order valence-electron chi connectivity index (χ0n) is 16.7. The van der Waals surface area contributed by atoms with Gasteiger partial charge in [-0.05, 0) is 0 Å². The maximum absolute atomic E-state index is 9.66. The Hall–Kier alpha value is -0.476. The van der Waals surface area contributed by atoms with Gasteiger partial charge in [-0.1, -0.05) is 0 Å². The molecule has 0 fully saturated rings. The molecule has 5 heteroatoms. The van der Waals surface area contributed by atoms with E-state index in [0.29, 0.717) is 11.1 Å². The Morgan fingerprint density at radius 1 is 1.00 bits per heavy atom. The van der Waals surface area contributed by atoms with Crippen molar-refractivity contribution in [3.8, 4) is 11.1 Å². The summed E-state index contributed by atoms with van der Waals surface area (Å²) in [6.45, 7) is 6.24. The molecular formula is C22H31Cl2NOTi. The zero-order chi connectivity index (χ0) is 20.2. The Kier molecular flexibility index (Phi) is 4.22. The third-order valence-electron chi connectivity index (χ3n) is 5.96. The van der Waals surface area contributed by atoms with Crippen molar-refractivity contribution in [1.82, 2.24) is 3.80 Å². The van der Waals surface area contributed by atoms with Crippen LogP contribution >= 0.6 is 18.6 Å². The Labute approximate surface area is 166 Å². The SMILES string of the molecule is [CH2]=[Ti]([CH3])([Cl])([Cl])([CH2]CCO)([NH]C(C)(C)C)[CH]1c2ccccc2-c2ccccc21. The molecule has 1 aliphatic carbocycles. The summed E-state index contributed by atoms with van der Waals surface area (Å²) in [5.74, 6) is 0. The summed E-state index contributed by atoms with van der Waals surface area (Å²) in [4.78, 5) is 4.76. The third kappa shape index (κ3) is 3.61. The second-order valence-electron chi connectivity index (χ2n) is 10.6. The molecule has 27 heavy (non-hydrogen) atoms. The minimum absolute atomic E-state index is 0.0249. The number of rotatable bonds is 5. The second-order valence-corrected chi connectivity index (χ2v) is 37.8. The summed E-state index contributed by atoms with van der Waals surface area (Å²) >= 11 is 0. The van der Waals surface area contributed by atoms with E-state index in [1.54, 1.807) is 0 Å². The van der Waals surface area contributed by atoms with Gasteiger partial charge in [0.2, 0.25) is 0 Å². The van der Waals surface area contributed by atoms with Crippen LogP contribution in [0, 0.1) is 0 Å². The topological polar surface area (TPSA) is 32.3 Å². The van der Waals surface area contributed by atoms with Gasteiger partial charge in [-0.25, -0.2) is 0 Å². The molecule has 0 heterocycles. The van der Waals surface area contributed by atoms with Crippen molar-refractivity contribution in [2.24, 2.45) is 0 Å². The Balaban J connectivity index is 2.44. The molecule has 0 bridgehead atoms. The molecule has 2 aromatic carbocycles. The van der Waals surface area contributed by atoms with Gasteiger partial charge in [0.15, 0.2) is 0 Å². The van der Waals surface area contributed by atoms with Crippen LogP contribution in [-0.4, -0.2) is 22.1 Å². The third-order valence-corrected chi connectivity index (χ3v) is 20.3. The summed E-state index contributed by atoms with van der Waals surface area (Å²) in [6, 6.07) is 16.6. The van der Waals surface area contributed by atoms with Crippen LogP contribution in [-0.2, 0) is 10.4 Å². The quantitative estimate of drug-likeness (QED) is 0.523. The average Bonchev–Trinajstić information content (AvgIpc) is 2.87. The monoisotopic (exact) mass is 443 g/mol. The molecule has 0 atom stereocenters. The molecule has 0 radical (unpaired) electrons. The summed E-state index contributed by atoms with van der Waals surface area (Å²) in [6.07, 6.45) is 0.493. The first-order valence-electron chi connectivity index (χ1n) is 9.67. The maximum atomic E-state index is 9.66. The zero-order valence-corrected chi connectivity index (χ0v) is 19.8. The predicted molar refractivity (Wildman–Crippen MR) is 118 cm³/mol. The summed E-state index contributed by atoms with van der Waals surface area (Å²) in [5, 5.41) is 11.6. The van der Waals surface area contributed by atoms with E-state index in [4.69, 9.17) is 23.4 Å². The molecule has 2 aromatic rings. The van der Waals surface area contributed by atoms with Crippen LogP contribution in [0.15, 0.2) is 48.5 Å². The molecule has 0 aromatic heterocycles. The summed E-state index contributed by atoms with van der Waals surface area (Å²) in [7, 11) is 9.90. The van der Waals surface area contributed by atoms with Crippen LogP contribution in [0.1, 0.15) is 42.5 Å². The molecule has 0 amide bonds. The summed E-state index contributed by atoms with van der Waals surface area (Å²) < 4.78 is 3.88. The first kappa shape index (κ1) is 21.2. The molecule has 0 aliphatic heterocycles. The van der Waals surface area contributed by atoms with Crippen molar-refractivity contribution >= 4 is 23.4 Å². The number of aliphatic hydroxyl groups excluding tert-OH is 1. The van der Waals surface area contributed by atoms with Gasteiger partial charge < -0.3 is 0 Å². The first-order chi connectivity index (χ1) is 12.1. The minimum atomic E-state index is -5.78. The van der Waals surface area contributed by atoms with E-state index in [9.17, 15) is 5.11 Å². The van der Waals surface area contributed by atoms with Crippen molar-refractivity contribution in [1.29, 1.82) is 0 Å². The van der Waals surface area contributed by atoms with E-state index in [1.807, 2.05) is 29.5 Å². The summed E-state index contributed by atoms with van der Waals surface area (Å²) in [5.41, 5.74) is 4.21. The molecular weight excluding hydrogens is 413 g/mol. The van der Waals surface area contributed by atoms with Crippen molar-refractivity contribution in [3.05, 3.63) is 59.7 Å². The average molecular weight is 444 g/mol. The number of aliphatic hydroxyl groups is 1. The molecule has 3 rings (SSSR count). The number of benzene rings is 2. The van der Waals surface area contributed by atoms with Crippen LogP contribution in [0.25, 0.3) is 11.1 Å². The fourth-order valence-corrected chi connectivity index (χ4v) is 22.9. The van der Waals surface area contributed by atoms with Crippen LogP contribution in [0.5, 0.6) is 0 Å². The number of halogens is 2. The van der Waals surface area contributed by atoms with Crippen molar-refractivity contribution in [2.45, 2.75) is 46.9 Å². The normalized spacial score (nSPS) is 18.7. The molecule has 148 valence electrons. The Morgan fingerprint density at radius 2 is 1.44 bits per heavy atom. The standard InChI is InChI=1S/C13H9.C4H10N.C3H7O.CH3.CH2.2ClH.Ti/c1-3-7-12-10(5-1)9-11-6-2-4-8-13(11)12;1-4(2,3)5;1-2-3-4;;;;;/h1-9H;5H,1-3H3;4H,1-3H2;1H3;1H2;2*1H;/q;-1;;;;;;+3/p-2. The van der Waals surface area contributed by atoms with E-state index in [2.05, 4.69) is 48.8 Å². The molecule has 0 saturated carbocycles.